The molecule has 6 nitrogen and oxygen atoms in total. The lowest BCUT2D eigenvalue weighted by Gasteiger charge is -2.29. The van der Waals surface area contributed by atoms with Crippen molar-refractivity contribution in [1.29, 1.82) is 0 Å². The summed E-state index contributed by atoms with van der Waals surface area (Å²) >= 11 is 0. The Labute approximate surface area is 182 Å². The van der Waals surface area contributed by atoms with Crippen LogP contribution in [0.25, 0.3) is 11.3 Å². The first kappa shape index (κ1) is 21.6. The van der Waals surface area contributed by atoms with Crippen molar-refractivity contribution in [2.75, 3.05) is 5.32 Å². The lowest BCUT2D eigenvalue weighted by Crippen LogP contribution is -2.29. The molecule has 7 heteroatoms. The van der Waals surface area contributed by atoms with Gasteiger partial charge in [0.15, 0.2) is 0 Å². The molecule has 4 N–H and O–H groups in total. The van der Waals surface area contributed by atoms with Crippen molar-refractivity contribution in [3.05, 3.63) is 46.5 Å². The molecule has 1 amide bonds. The van der Waals surface area contributed by atoms with Crippen molar-refractivity contribution in [2.24, 2.45) is 11.1 Å². The van der Waals surface area contributed by atoms with Crippen LogP contribution >= 0.6 is 0 Å². The smallest absolute Gasteiger partial charge is 0.253 e. The first-order valence-electron chi connectivity index (χ1n) is 10.9. The van der Waals surface area contributed by atoms with Crippen LogP contribution in [0.15, 0.2) is 18.2 Å². The number of hydrogen-bond acceptors (Lipinski definition) is 4. The van der Waals surface area contributed by atoms with E-state index in [1.807, 2.05) is 6.92 Å². The first-order chi connectivity index (χ1) is 14.6. The van der Waals surface area contributed by atoms with E-state index < -0.39 is 11.7 Å². The lowest BCUT2D eigenvalue weighted by molar-refractivity contribution is 0.0996. The number of anilines is 1. The quantitative estimate of drug-likeness (QED) is 0.686. The molecule has 0 spiro atoms. The fraction of sp³-hybridized carbons (Fsp3) is 0.500. The molecular weight excluding hydrogens is 395 g/mol. The van der Waals surface area contributed by atoms with Gasteiger partial charge in [-0.2, -0.15) is 5.10 Å². The zero-order chi connectivity index (χ0) is 22.5. The van der Waals surface area contributed by atoms with Gasteiger partial charge >= 0.3 is 0 Å². The van der Waals surface area contributed by atoms with E-state index in [4.69, 9.17) is 10.8 Å². The Morgan fingerprint density at radius 1 is 1.26 bits per heavy atom. The number of aryl methyl sites for hydroxylation is 1. The minimum absolute atomic E-state index is 0.0307. The lowest BCUT2D eigenvalue weighted by atomic mass is 9.78. The normalized spacial score (nSPS) is 22.6. The maximum Gasteiger partial charge on any atom is 0.253 e. The number of allylic oxidation sites excluding steroid dienone is 2. The molecule has 2 aliphatic rings. The predicted molar refractivity (Wildman–Crippen MR) is 120 cm³/mol. The van der Waals surface area contributed by atoms with Gasteiger partial charge in [0, 0.05) is 17.7 Å². The van der Waals surface area contributed by atoms with Crippen LogP contribution in [0, 0.1) is 18.2 Å². The van der Waals surface area contributed by atoms with Gasteiger partial charge in [0.2, 0.25) is 0 Å². The zero-order valence-corrected chi connectivity index (χ0v) is 18.6. The molecule has 1 aromatic carbocycles. The highest BCUT2D eigenvalue weighted by atomic mass is 19.1. The maximum atomic E-state index is 15.1. The molecule has 0 bridgehead atoms. The van der Waals surface area contributed by atoms with Crippen LogP contribution in [0.3, 0.4) is 0 Å². The molecule has 0 aliphatic heterocycles. The first-order valence-corrected chi connectivity index (χ1v) is 10.9. The largest absolute Gasteiger partial charge is 0.393 e. The van der Waals surface area contributed by atoms with Crippen LogP contribution < -0.4 is 11.1 Å². The third-order valence-electron chi connectivity index (χ3n) is 6.40. The summed E-state index contributed by atoms with van der Waals surface area (Å²) in [7, 11) is 0. The average Bonchev–Trinajstić information content (AvgIpc) is 2.98. The molecule has 2 aliphatic carbocycles. The average molecular weight is 427 g/mol. The van der Waals surface area contributed by atoms with Gasteiger partial charge < -0.3 is 16.2 Å². The molecule has 166 valence electrons. The molecule has 1 fully saturated rings. The van der Waals surface area contributed by atoms with Crippen LogP contribution in [0.4, 0.5) is 10.1 Å². The summed E-state index contributed by atoms with van der Waals surface area (Å²) in [6.07, 6.45) is 5.60. The van der Waals surface area contributed by atoms with Gasteiger partial charge in [-0.25, -0.2) is 9.07 Å². The van der Waals surface area contributed by atoms with Crippen molar-refractivity contribution in [2.45, 2.75) is 71.9 Å². The summed E-state index contributed by atoms with van der Waals surface area (Å²) < 4.78 is 16.9. The number of hydrogen-bond donors (Lipinski definition) is 3. The summed E-state index contributed by atoms with van der Waals surface area (Å²) in [5, 5.41) is 17.8. The number of carbonyl (C=O) groups excluding carboxylic acids is 1. The van der Waals surface area contributed by atoms with E-state index in [-0.39, 0.29) is 23.1 Å². The molecular formula is C24H31FN4O2. The van der Waals surface area contributed by atoms with E-state index >= 15 is 4.39 Å². The summed E-state index contributed by atoms with van der Waals surface area (Å²) in [5.41, 5.74) is 10.5. The summed E-state index contributed by atoms with van der Waals surface area (Å²) in [6, 6.07) is 3.15. The zero-order valence-electron chi connectivity index (χ0n) is 18.6. The molecule has 1 aromatic heterocycles. The van der Waals surface area contributed by atoms with Crippen LogP contribution in [-0.4, -0.2) is 32.9 Å². The van der Waals surface area contributed by atoms with Gasteiger partial charge in [0.25, 0.3) is 5.91 Å². The number of aliphatic hydroxyl groups is 1. The Kier molecular flexibility index (Phi) is 5.41. The third-order valence-corrected chi connectivity index (χ3v) is 6.40. The van der Waals surface area contributed by atoms with Gasteiger partial charge in [0.1, 0.15) is 5.82 Å². The molecule has 2 aromatic rings. The van der Waals surface area contributed by atoms with E-state index in [2.05, 4.69) is 32.2 Å². The number of carbonyl (C=O) groups is 1. The Bertz CT molecular complexity index is 1060. The second-order valence-corrected chi connectivity index (χ2v) is 9.68. The highest BCUT2D eigenvalue weighted by molar-refractivity contribution is 5.99. The number of rotatable bonds is 4. The number of nitrogens with zero attached hydrogens (tertiary/aromatic N) is 2. The second-order valence-electron chi connectivity index (χ2n) is 9.68. The number of aromatic nitrogens is 2. The number of halogens is 1. The Morgan fingerprint density at radius 2 is 1.94 bits per heavy atom. The molecule has 1 saturated carbocycles. The van der Waals surface area contributed by atoms with Gasteiger partial charge in [-0.3, -0.25) is 4.79 Å². The fourth-order valence-corrected chi connectivity index (χ4v) is 5.12. The van der Waals surface area contributed by atoms with E-state index in [1.54, 1.807) is 10.7 Å². The molecule has 0 atom stereocenters. The summed E-state index contributed by atoms with van der Waals surface area (Å²) in [5.74, 6) is -1.46. The number of aliphatic hydroxyl groups excluding tert-OH is 1. The number of nitrogens with one attached hydrogen (secondary N) is 1. The SMILES string of the molecule is CC1=CC(C)(C)Cc2c1c(C)nn2-c1cc(F)c(C(N)=O)c(N[C@H]2CC[C@H](O)CC2)c1. The topological polar surface area (TPSA) is 93.2 Å². The number of fused-ring (bicyclic) bond motifs is 1. The predicted octanol–water partition coefficient (Wildman–Crippen LogP) is 4.12. The Morgan fingerprint density at radius 3 is 2.58 bits per heavy atom. The molecule has 0 radical (unpaired) electrons. The van der Waals surface area contributed by atoms with E-state index in [0.717, 1.165) is 36.2 Å². The molecule has 0 saturated heterocycles. The number of nitrogens with two attached hydrogens (primary N) is 1. The van der Waals surface area contributed by atoms with Crippen molar-refractivity contribution >= 4 is 17.2 Å². The molecule has 0 unspecified atom stereocenters. The third kappa shape index (κ3) is 4.11. The number of benzene rings is 1. The highest BCUT2D eigenvalue weighted by Crippen LogP contribution is 2.39. The minimum Gasteiger partial charge on any atom is -0.393 e. The maximum absolute atomic E-state index is 15.1. The molecule has 1 heterocycles. The summed E-state index contributed by atoms with van der Waals surface area (Å²) in [4.78, 5) is 12.0. The van der Waals surface area contributed by atoms with Gasteiger partial charge in [-0.15, -0.1) is 0 Å². The number of amides is 1. The van der Waals surface area contributed by atoms with Crippen LogP contribution in [-0.2, 0) is 6.42 Å². The Hall–Kier alpha value is -2.67. The highest BCUT2D eigenvalue weighted by Gasteiger charge is 2.30. The second kappa shape index (κ2) is 7.79. The van der Waals surface area contributed by atoms with Crippen molar-refractivity contribution < 1.29 is 14.3 Å². The standard InChI is InChI=1S/C24H31FN4O2/c1-13-11-24(3,4)12-20-21(13)14(2)28-29(20)16-9-18(25)22(23(26)31)19(10-16)27-15-5-7-17(30)8-6-15/h9-11,15,17,27,30H,5-8,12H2,1-4H3,(H2,26,31)/t15-,17-. The molecule has 31 heavy (non-hydrogen) atoms. The van der Waals surface area contributed by atoms with E-state index in [1.165, 1.54) is 11.6 Å². The van der Waals surface area contributed by atoms with E-state index in [9.17, 15) is 9.90 Å². The fourth-order valence-electron chi connectivity index (χ4n) is 5.12. The molecule has 4 rings (SSSR count). The van der Waals surface area contributed by atoms with Crippen molar-refractivity contribution in [3.63, 3.8) is 0 Å². The van der Waals surface area contributed by atoms with Gasteiger partial charge in [0.05, 0.1) is 34.4 Å². The van der Waals surface area contributed by atoms with E-state index in [0.29, 0.717) is 24.2 Å². The monoisotopic (exact) mass is 426 g/mol. The van der Waals surface area contributed by atoms with Crippen LogP contribution in [0.2, 0.25) is 0 Å². The number of primary amides is 1. The summed E-state index contributed by atoms with van der Waals surface area (Å²) in [6.45, 7) is 8.40. The van der Waals surface area contributed by atoms with Gasteiger partial charge in [-0.05, 0) is 63.0 Å². The van der Waals surface area contributed by atoms with Crippen LogP contribution in [0.5, 0.6) is 0 Å². The van der Waals surface area contributed by atoms with Crippen molar-refractivity contribution in [3.8, 4) is 5.69 Å². The van der Waals surface area contributed by atoms with Crippen molar-refractivity contribution in [1.82, 2.24) is 9.78 Å². The van der Waals surface area contributed by atoms with Gasteiger partial charge in [-0.1, -0.05) is 19.9 Å². The van der Waals surface area contributed by atoms with Crippen LogP contribution in [0.1, 0.15) is 73.8 Å². The Balaban J connectivity index is 1.79. The minimum atomic E-state index is -0.805.